The first-order valence-corrected chi connectivity index (χ1v) is 4.77. The van der Waals surface area contributed by atoms with E-state index in [1.165, 1.54) is 0 Å². The highest BCUT2D eigenvalue weighted by molar-refractivity contribution is 9.18. The van der Waals surface area contributed by atoms with Gasteiger partial charge in [0.05, 0.1) is 0 Å². The second kappa shape index (κ2) is 4.26. The maximum Gasteiger partial charge on any atom is 0.202 e. The van der Waals surface area contributed by atoms with Crippen molar-refractivity contribution in [3.8, 4) is 0 Å². The molecule has 0 atom stereocenters. The zero-order chi connectivity index (χ0) is 9.14. The van der Waals surface area contributed by atoms with Gasteiger partial charge in [0.15, 0.2) is 0 Å². The lowest BCUT2D eigenvalue weighted by atomic mass is 10.2. The Hall–Kier alpha value is -0.0500. The van der Waals surface area contributed by atoms with Crippen molar-refractivity contribution >= 4 is 43.8 Å². The van der Waals surface area contributed by atoms with Gasteiger partial charge >= 0.3 is 0 Å². The van der Waals surface area contributed by atoms with Crippen molar-refractivity contribution < 1.29 is 4.79 Å². The molecule has 0 fully saturated rings. The molecule has 0 saturated heterocycles. The molecule has 0 aliphatic rings. The highest BCUT2D eigenvalue weighted by Gasteiger charge is 2.07. The minimum atomic E-state index is -0.127. The highest BCUT2D eigenvalue weighted by Crippen LogP contribution is 2.25. The number of carbonyl (C=O) groups excluding carboxylic acids is 1. The lowest BCUT2D eigenvalue weighted by molar-refractivity contribution is -0.109. The molecule has 0 bridgehead atoms. The minimum Gasteiger partial charge on any atom is -0.286 e. The predicted octanol–water partition coefficient (Wildman–Crippen LogP) is 3.46. The van der Waals surface area contributed by atoms with Crippen LogP contribution < -0.4 is 0 Å². The molecule has 1 aromatic carbocycles. The van der Waals surface area contributed by atoms with Gasteiger partial charge < -0.3 is 0 Å². The molecule has 4 heteroatoms. The average molecular weight is 268 g/mol. The van der Waals surface area contributed by atoms with Crippen LogP contribution in [0.2, 0.25) is 10.0 Å². The zero-order valence-electron chi connectivity index (χ0n) is 5.98. The Labute approximate surface area is 88.8 Å². The summed E-state index contributed by atoms with van der Waals surface area (Å²) in [6.45, 7) is 0. The molecule has 0 saturated carbocycles. The van der Waals surface area contributed by atoms with Gasteiger partial charge in [0.25, 0.3) is 0 Å². The zero-order valence-corrected chi connectivity index (χ0v) is 9.08. The van der Waals surface area contributed by atoms with Gasteiger partial charge in [0.2, 0.25) is 4.69 Å². The van der Waals surface area contributed by atoms with Gasteiger partial charge in [0, 0.05) is 16.5 Å². The van der Waals surface area contributed by atoms with Gasteiger partial charge in [-0.3, -0.25) is 4.79 Å². The SMILES string of the molecule is O=C(Br)Cc1c(Cl)cccc1Cl. The van der Waals surface area contributed by atoms with E-state index in [-0.39, 0.29) is 11.1 Å². The van der Waals surface area contributed by atoms with Crippen molar-refractivity contribution in [3.63, 3.8) is 0 Å². The van der Waals surface area contributed by atoms with Crippen LogP contribution >= 0.6 is 39.1 Å². The van der Waals surface area contributed by atoms with E-state index in [1.54, 1.807) is 18.2 Å². The Morgan fingerprint density at radius 1 is 1.33 bits per heavy atom. The third kappa shape index (κ3) is 2.47. The fraction of sp³-hybridized carbons (Fsp3) is 0.125. The van der Waals surface area contributed by atoms with E-state index in [9.17, 15) is 4.79 Å². The van der Waals surface area contributed by atoms with E-state index < -0.39 is 0 Å². The standard InChI is InChI=1S/C8H5BrCl2O/c9-8(12)4-5-6(10)2-1-3-7(5)11/h1-3H,4H2. The molecule has 1 rings (SSSR count). The topological polar surface area (TPSA) is 17.1 Å². The molecule has 0 aliphatic carbocycles. The fourth-order valence-corrected chi connectivity index (χ4v) is 1.65. The summed E-state index contributed by atoms with van der Waals surface area (Å²) in [5.74, 6) is 0. The summed E-state index contributed by atoms with van der Waals surface area (Å²) in [7, 11) is 0. The minimum absolute atomic E-state index is 0.127. The molecule has 0 aromatic heterocycles. The first-order valence-electron chi connectivity index (χ1n) is 3.22. The Morgan fingerprint density at radius 2 is 1.83 bits per heavy atom. The van der Waals surface area contributed by atoms with Crippen molar-refractivity contribution in [2.45, 2.75) is 6.42 Å². The number of halogens is 3. The summed E-state index contributed by atoms with van der Waals surface area (Å²) in [6, 6.07) is 5.16. The quantitative estimate of drug-likeness (QED) is 0.750. The van der Waals surface area contributed by atoms with Crippen LogP contribution in [0.5, 0.6) is 0 Å². The molecular formula is C8H5BrCl2O. The summed E-state index contributed by atoms with van der Waals surface area (Å²) in [5.41, 5.74) is 0.669. The summed E-state index contributed by atoms with van der Waals surface area (Å²) in [6.07, 6.45) is 0.221. The van der Waals surface area contributed by atoms with Crippen LogP contribution in [0.25, 0.3) is 0 Å². The maximum atomic E-state index is 10.7. The van der Waals surface area contributed by atoms with Gasteiger partial charge in [-0.2, -0.15) is 0 Å². The first kappa shape index (κ1) is 10.0. The van der Waals surface area contributed by atoms with Gasteiger partial charge in [-0.15, -0.1) is 0 Å². The van der Waals surface area contributed by atoms with E-state index in [4.69, 9.17) is 23.2 Å². The van der Waals surface area contributed by atoms with Crippen molar-refractivity contribution in [3.05, 3.63) is 33.8 Å². The summed E-state index contributed by atoms with van der Waals surface area (Å²) in [4.78, 5) is 10.7. The third-order valence-electron chi connectivity index (χ3n) is 1.38. The second-order valence-electron chi connectivity index (χ2n) is 2.23. The predicted molar refractivity (Wildman–Crippen MR) is 54.1 cm³/mol. The lowest BCUT2D eigenvalue weighted by Crippen LogP contribution is -1.94. The maximum absolute atomic E-state index is 10.7. The molecule has 64 valence electrons. The normalized spacial score (nSPS) is 9.92. The number of rotatable bonds is 2. The molecular weight excluding hydrogens is 263 g/mol. The van der Waals surface area contributed by atoms with Crippen LogP contribution in [0.1, 0.15) is 5.56 Å². The molecule has 0 spiro atoms. The van der Waals surface area contributed by atoms with Crippen LogP contribution in [0.3, 0.4) is 0 Å². The van der Waals surface area contributed by atoms with Gasteiger partial charge in [-0.1, -0.05) is 29.3 Å². The van der Waals surface area contributed by atoms with Gasteiger partial charge in [0.1, 0.15) is 0 Å². The molecule has 1 nitrogen and oxygen atoms in total. The molecule has 0 unspecified atom stereocenters. The Bertz CT molecular complexity index is 292. The van der Waals surface area contributed by atoms with E-state index >= 15 is 0 Å². The van der Waals surface area contributed by atoms with E-state index in [0.29, 0.717) is 15.6 Å². The molecule has 0 radical (unpaired) electrons. The van der Waals surface area contributed by atoms with E-state index in [2.05, 4.69) is 15.9 Å². The Balaban J connectivity index is 3.04. The lowest BCUT2D eigenvalue weighted by Gasteiger charge is -2.02. The van der Waals surface area contributed by atoms with E-state index in [1.807, 2.05) is 0 Å². The van der Waals surface area contributed by atoms with Crippen LogP contribution in [-0.4, -0.2) is 4.69 Å². The Kier molecular flexibility index (Phi) is 3.56. The molecule has 1 aromatic rings. The Morgan fingerprint density at radius 3 is 2.25 bits per heavy atom. The molecule has 12 heavy (non-hydrogen) atoms. The fourth-order valence-electron chi connectivity index (χ4n) is 0.840. The van der Waals surface area contributed by atoms with Crippen LogP contribution in [-0.2, 0) is 11.2 Å². The van der Waals surface area contributed by atoms with Crippen molar-refractivity contribution in [2.24, 2.45) is 0 Å². The monoisotopic (exact) mass is 266 g/mol. The van der Waals surface area contributed by atoms with Crippen molar-refractivity contribution in [1.82, 2.24) is 0 Å². The molecule has 0 amide bonds. The largest absolute Gasteiger partial charge is 0.286 e. The molecule has 0 heterocycles. The highest BCUT2D eigenvalue weighted by atomic mass is 79.9. The number of hydrogen-bond donors (Lipinski definition) is 0. The van der Waals surface area contributed by atoms with Crippen molar-refractivity contribution in [2.75, 3.05) is 0 Å². The average Bonchev–Trinajstić information content (AvgIpc) is 1.97. The van der Waals surface area contributed by atoms with Crippen LogP contribution in [0, 0.1) is 0 Å². The number of carbonyl (C=O) groups is 1. The van der Waals surface area contributed by atoms with E-state index in [0.717, 1.165) is 0 Å². The molecule has 0 aliphatic heterocycles. The van der Waals surface area contributed by atoms with Crippen LogP contribution in [0.4, 0.5) is 0 Å². The number of benzene rings is 1. The van der Waals surface area contributed by atoms with Crippen LogP contribution in [0.15, 0.2) is 18.2 Å². The summed E-state index contributed by atoms with van der Waals surface area (Å²) >= 11 is 14.5. The van der Waals surface area contributed by atoms with Gasteiger partial charge in [-0.25, -0.2) is 0 Å². The van der Waals surface area contributed by atoms with Crippen molar-refractivity contribution in [1.29, 1.82) is 0 Å². The second-order valence-corrected chi connectivity index (χ2v) is 3.93. The number of hydrogen-bond acceptors (Lipinski definition) is 1. The smallest absolute Gasteiger partial charge is 0.202 e. The summed E-state index contributed by atoms with van der Waals surface area (Å²) in [5, 5.41) is 1.05. The first-order chi connectivity index (χ1) is 5.61. The van der Waals surface area contributed by atoms with Gasteiger partial charge in [-0.05, 0) is 33.6 Å². The summed E-state index contributed by atoms with van der Waals surface area (Å²) < 4.78 is -0.127. The molecule has 0 N–H and O–H groups in total. The third-order valence-corrected chi connectivity index (χ3v) is 2.37.